The topological polar surface area (TPSA) is 59.8 Å². The van der Waals surface area contributed by atoms with E-state index in [2.05, 4.69) is 41.3 Å². The van der Waals surface area contributed by atoms with Gasteiger partial charge in [-0.15, -0.1) is 11.3 Å². The van der Waals surface area contributed by atoms with Crippen LogP contribution in [0.2, 0.25) is 0 Å². The fourth-order valence-electron chi connectivity index (χ4n) is 2.47. The first-order valence-electron chi connectivity index (χ1n) is 8.02. The molecule has 0 saturated carbocycles. The Morgan fingerprint density at radius 3 is 2.88 bits per heavy atom. The molecule has 0 atom stereocenters. The Kier molecular flexibility index (Phi) is 5.55. The van der Waals surface area contributed by atoms with Crippen molar-refractivity contribution in [2.75, 3.05) is 11.1 Å². The summed E-state index contributed by atoms with van der Waals surface area (Å²) in [5.74, 6) is 0.624. The second-order valence-electron chi connectivity index (χ2n) is 5.92. The lowest BCUT2D eigenvalue weighted by atomic mass is 10.0. The Morgan fingerprint density at radius 2 is 2.16 bits per heavy atom. The van der Waals surface area contributed by atoms with Crippen molar-refractivity contribution in [3.05, 3.63) is 53.3 Å². The van der Waals surface area contributed by atoms with Crippen molar-refractivity contribution in [3.63, 3.8) is 0 Å². The summed E-state index contributed by atoms with van der Waals surface area (Å²) in [6.07, 6.45) is 3.70. The van der Waals surface area contributed by atoms with Crippen LogP contribution in [0.25, 0.3) is 5.69 Å². The van der Waals surface area contributed by atoms with E-state index >= 15 is 0 Å². The van der Waals surface area contributed by atoms with E-state index in [1.54, 1.807) is 6.20 Å². The van der Waals surface area contributed by atoms with Gasteiger partial charge in [0.25, 0.3) is 0 Å². The van der Waals surface area contributed by atoms with Crippen LogP contribution in [0.1, 0.15) is 31.0 Å². The van der Waals surface area contributed by atoms with E-state index in [0.29, 0.717) is 16.8 Å². The van der Waals surface area contributed by atoms with E-state index in [0.717, 1.165) is 16.5 Å². The smallest absolute Gasteiger partial charge is 0.236 e. The van der Waals surface area contributed by atoms with Gasteiger partial charge in [0.05, 0.1) is 17.1 Å². The highest BCUT2D eigenvalue weighted by Gasteiger charge is 2.13. The fourth-order valence-corrected chi connectivity index (χ4v) is 3.94. The molecular weight excluding hydrogens is 352 g/mol. The lowest BCUT2D eigenvalue weighted by Crippen LogP contribution is -2.14. The van der Waals surface area contributed by atoms with Crippen molar-refractivity contribution in [3.8, 4) is 5.69 Å². The number of carbonyl (C=O) groups is 1. The van der Waals surface area contributed by atoms with Crippen molar-refractivity contribution in [2.45, 2.75) is 31.8 Å². The molecule has 130 valence electrons. The van der Waals surface area contributed by atoms with E-state index in [-0.39, 0.29) is 5.91 Å². The summed E-state index contributed by atoms with van der Waals surface area (Å²) in [6.45, 7) is 6.25. The molecule has 3 rings (SSSR count). The predicted molar refractivity (Wildman–Crippen MR) is 104 cm³/mol. The van der Waals surface area contributed by atoms with Gasteiger partial charge in [0.1, 0.15) is 0 Å². The normalized spacial score (nSPS) is 11.0. The highest BCUT2D eigenvalue weighted by atomic mass is 32.2. The van der Waals surface area contributed by atoms with Crippen LogP contribution < -0.4 is 5.32 Å². The number of benzene rings is 1. The van der Waals surface area contributed by atoms with Crippen molar-refractivity contribution in [2.24, 2.45) is 0 Å². The first-order valence-corrected chi connectivity index (χ1v) is 9.88. The second-order valence-corrected chi connectivity index (χ2v) is 7.72. The molecule has 0 saturated heterocycles. The maximum absolute atomic E-state index is 12.1. The molecule has 0 fully saturated rings. The van der Waals surface area contributed by atoms with Crippen LogP contribution in [-0.2, 0) is 4.79 Å². The minimum absolute atomic E-state index is 0.0777. The van der Waals surface area contributed by atoms with E-state index in [1.165, 1.54) is 28.7 Å². The van der Waals surface area contributed by atoms with Gasteiger partial charge in [-0.05, 0) is 24.5 Å². The number of para-hydroxylation sites is 1. The number of imidazole rings is 1. The molecule has 25 heavy (non-hydrogen) atoms. The summed E-state index contributed by atoms with van der Waals surface area (Å²) < 4.78 is 2.04. The molecule has 7 heteroatoms. The van der Waals surface area contributed by atoms with Crippen LogP contribution in [0.4, 0.5) is 5.13 Å². The SMILES string of the molecule is Cc1csc(NC(=O)CSc2nccn2-c2ccccc2C(C)C)n1. The predicted octanol–water partition coefficient (Wildman–Crippen LogP) is 4.49. The molecule has 5 nitrogen and oxygen atoms in total. The molecule has 0 spiro atoms. The third-order valence-corrected chi connectivity index (χ3v) is 5.47. The maximum atomic E-state index is 12.1. The van der Waals surface area contributed by atoms with Crippen LogP contribution >= 0.6 is 23.1 Å². The van der Waals surface area contributed by atoms with E-state index in [9.17, 15) is 4.79 Å². The Bertz CT molecular complexity index is 869. The molecule has 0 aliphatic rings. The van der Waals surface area contributed by atoms with E-state index in [4.69, 9.17) is 0 Å². The fraction of sp³-hybridized carbons (Fsp3) is 0.278. The number of hydrogen-bond acceptors (Lipinski definition) is 5. The van der Waals surface area contributed by atoms with Gasteiger partial charge in [0, 0.05) is 17.8 Å². The number of thiazole rings is 1. The zero-order valence-electron chi connectivity index (χ0n) is 14.4. The third kappa shape index (κ3) is 4.29. The monoisotopic (exact) mass is 372 g/mol. The molecule has 0 aliphatic carbocycles. The van der Waals surface area contributed by atoms with Crippen LogP contribution in [-0.4, -0.2) is 26.2 Å². The molecule has 2 heterocycles. The average Bonchev–Trinajstić information content (AvgIpc) is 3.21. The summed E-state index contributed by atoms with van der Waals surface area (Å²) in [7, 11) is 0. The number of thioether (sulfide) groups is 1. The van der Waals surface area contributed by atoms with Gasteiger partial charge in [0.15, 0.2) is 10.3 Å². The van der Waals surface area contributed by atoms with Gasteiger partial charge in [0.2, 0.25) is 5.91 Å². The number of anilines is 1. The van der Waals surface area contributed by atoms with Crippen LogP contribution in [0, 0.1) is 6.92 Å². The highest BCUT2D eigenvalue weighted by molar-refractivity contribution is 7.99. The summed E-state index contributed by atoms with van der Waals surface area (Å²) in [5.41, 5.74) is 3.27. The molecule has 3 aromatic rings. The van der Waals surface area contributed by atoms with Crippen molar-refractivity contribution in [1.82, 2.24) is 14.5 Å². The van der Waals surface area contributed by atoms with Gasteiger partial charge in [-0.25, -0.2) is 9.97 Å². The highest BCUT2D eigenvalue weighted by Crippen LogP contribution is 2.27. The number of amides is 1. The standard InChI is InChI=1S/C18H20N4OS2/c1-12(2)14-6-4-5-7-15(14)22-9-8-19-18(22)25-11-16(23)21-17-20-13(3)10-24-17/h4-10,12H,11H2,1-3H3,(H,20,21,23). The number of carbonyl (C=O) groups excluding carboxylic acids is 1. The minimum Gasteiger partial charge on any atom is -0.301 e. The number of aromatic nitrogens is 3. The maximum Gasteiger partial charge on any atom is 0.236 e. The quantitative estimate of drug-likeness (QED) is 0.648. The van der Waals surface area contributed by atoms with Gasteiger partial charge >= 0.3 is 0 Å². The second kappa shape index (κ2) is 7.84. The number of aryl methyl sites for hydroxylation is 1. The third-order valence-electron chi connectivity index (χ3n) is 3.62. The molecule has 0 bridgehead atoms. The van der Waals surface area contributed by atoms with Crippen LogP contribution in [0.3, 0.4) is 0 Å². The molecule has 1 N–H and O–H groups in total. The number of nitrogens with zero attached hydrogens (tertiary/aromatic N) is 3. The van der Waals surface area contributed by atoms with Gasteiger partial charge < -0.3 is 5.32 Å². The molecule has 1 amide bonds. The van der Waals surface area contributed by atoms with Crippen molar-refractivity contribution >= 4 is 34.1 Å². The number of nitrogens with one attached hydrogen (secondary N) is 1. The van der Waals surface area contributed by atoms with Gasteiger partial charge in [-0.2, -0.15) is 0 Å². The molecule has 1 aromatic carbocycles. The average molecular weight is 373 g/mol. The summed E-state index contributed by atoms with van der Waals surface area (Å²) >= 11 is 2.85. The van der Waals surface area contributed by atoms with Gasteiger partial charge in [-0.3, -0.25) is 9.36 Å². The lowest BCUT2D eigenvalue weighted by molar-refractivity contribution is -0.113. The summed E-state index contributed by atoms with van der Waals surface area (Å²) in [6, 6.07) is 8.28. The van der Waals surface area contributed by atoms with Crippen molar-refractivity contribution in [1.29, 1.82) is 0 Å². The molecule has 0 unspecified atom stereocenters. The zero-order chi connectivity index (χ0) is 17.8. The summed E-state index contributed by atoms with van der Waals surface area (Å²) in [4.78, 5) is 20.8. The Labute approximate surface area is 155 Å². The summed E-state index contributed by atoms with van der Waals surface area (Å²) in [5, 5.41) is 6.18. The Hall–Kier alpha value is -2.12. The number of rotatable bonds is 6. The lowest BCUT2D eigenvalue weighted by Gasteiger charge is -2.15. The molecular formula is C18H20N4OS2. The Morgan fingerprint density at radius 1 is 1.36 bits per heavy atom. The van der Waals surface area contributed by atoms with Crippen LogP contribution in [0.5, 0.6) is 0 Å². The largest absolute Gasteiger partial charge is 0.301 e. The van der Waals surface area contributed by atoms with Crippen molar-refractivity contribution < 1.29 is 4.79 Å². The molecule has 0 radical (unpaired) electrons. The molecule has 0 aliphatic heterocycles. The number of hydrogen-bond donors (Lipinski definition) is 1. The molecule has 2 aromatic heterocycles. The van der Waals surface area contributed by atoms with Gasteiger partial charge in [-0.1, -0.05) is 43.8 Å². The first kappa shape index (κ1) is 17.7. The first-order chi connectivity index (χ1) is 12.0. The minimum atomic E-state index is -0.0777. The van der Waals surface area contributed by atoms with Crippen LogP contribution in [0.15, 0.2) is 47.2 Å². The zero-order valence-corrected chi connectivity index (χ0v) is 16.0. The van der Waals surface area contributed by atoms with E-state index in [1.807, 2.05) is 35.2 Å². The Balaban J connectivity index is 1.71. The van der Waals surface area contributed by atoms with E-state index < -0.39 is 0 Å².